The quantitative estimate of drug-likeness (QED) is 0.351. The Hall–Kier alpha value is 0.0900. The van der Waals surface area contributed by atoms with Crippen LogP contribution in [0.5, 0.6) is 0 Å². The lowest BCUT2D eigenvalue weighted by molar-refractivity contribution is 0.142. The van der Waals surface area contributed by atoms with Gasteiger partial charge in [0.2, 0.25) is 0 Å². The molecule has 0 fully saturated rings. The van der Waals surface area contributed by atoms with Gasteiger partial charge in [-0.1, -0.05) is 23.2 Å². The highest BCUT2D eigenvalue weighted by Gasteiger charge is 2.43. The molecular weight excluding hydrogens is 439 g/mol. The van der Waals surface area contributed by atoms with Crippen LogP contribution in [-0.4, -0.2) is 30.1 Å². The van der Waals surface area contributed by atoms with Gasteiger partial charge in [0.25, 0.3) is 0 Å². The molecule has 0 bridgehead atoms. The Labute approximate surface area is 171 Å². The van der Waals surface area contributed by atoms with Crippen molar-refractivity contribution in [3.63, 3.8) is 0 Å². The molecule has 0 rings (SSSR count). The number of amides is 1. The summed E-state index contributed by atoms with van der Waals surface area (Å²) in [5.41, 5.74) is -1.71. The summed E-state index contributed by atoms with van der Waals surface area (Å²) >= 11 is 11.7. The van der Waals surface area contributed by atoms with Crippen molar-refractivity contribution in [1.82, 2.24) is 5.32 Å². The van der Waals surface area contributed by atoms with Crippen molar-refractivity contribution in [1.29, 1.82) is 0 Å². The summed E-state index contributed by atoms with van der Waals surface area (Å²) in [5.74, 6) is 0. The molecule has 0 saturated heterocycles. The van der Waals surface area contributed by atoms with Crippen LogP contribution in [0, 0.1) is 0 Å². The van der Waals surface area contributed by atoms with Crippen molar-refractivity contribution in [3.05, 3.63) is 9.93 Å². The van der Waals surface area contributed by atoms with Crippen LogP contribution in [0.25, 0.3) is 0 Å². The molecule has 0 aromatic carbocycles. The number of nitrogens with one attached hydrogen (secondary N) is 1. The van der Waals surface area contributed by atoms with E-state index in [1.54, 1.807) is 55.4 Å². The van der Waals surface area contributed by atoms with Gasteiger partial charge in [-0.15, -0.1) is 0 Å². The lowest BCUT2D eigenvalue weighted by Crippen LogP contribution is -2.27. The molecule has 0 aliphatic heterocycles. The molecule has 1 amide bonds. The van der Waals surface area contributed by atoms with Crippen LogP contribution in [0.4, 0.5) is 4.79 Å². The van der Waals surface area contributed by atoms with Crippen LogP contribution in [-0.2, 0) is 27.2 Å². The minimum atomic E-state index is -4.29. The first kappa shape index (κ1) is 27.1. The van der Waals surface area contributed by atoms with Gasteiger partial charge in [0.1, 0.15) is 4.49 Å². The van der Waals surface area contributed by atoms with Gasteiger partial charge >= 0.3 is 20.8 Å². The summed E-state index contributed by atoms with van der Waals surface area (Å²) in [4.78, 5) is 12.7. The number of halogens is 2. The van der Waals surface area contributed by atoms with Crippen LogP contribution in [0.1, 0.15) is 55.4 Å². The Morgan fingerprint density at radius 3 is 1.26 bits per heavy atom. The highest BCUT2D eigenvalue weighted by atomic mass is 35.5. The summed E-state index contributed by atoms with van der Waals surface area (Å²) in [6.07, 6.45) is -2.24. The molecule has 0 aliphatic rings. The van der Waals surface area contributed by atoms with E-state index in [4.69, 9.17) is 41.3 Å². The molecule has 8 nitrogen and oxygen atoms in total. The summed E-state index contributed by atoms with van der Waals surface area (Å²) in [6.45, 7) is 12.8. The zero-order chi connectivity index (χ0) is 21.6. The first-order chi connectivity index (χ1) is 12.1. The lowest BCUT2D eigenvalue weighted by atomic mass is 10.5. The lowest BCUT2D eigenvalue weighted by Gasteiger charge is -2.27. The second-order valence-electron chi connectivity index (χ2n) is 6.65. The van der Waals surface area contributed by atoms with E-state index in [0.29, 0.717) is 0 Å². The van der Waals surface area contributed by atoms with Crippen LogP contribution in [0.2, 0.25) is 0 Å². The van der Waals surface area contributed by atoms with Crippen LogP contribution >= 0.6 is 38.4 Å². The third kappa shape index (κ3) is 9.42. The molecule has 0 saturated carbocycles. The summed E-state index contributed by atoms with van der Waals surface area (Å²) < 4.78 is 46.7. The van der Waals surface area contributed by atoms with Crippen molar-refractivity contribution in [2.75, 3.05) is 0 Å². The minimum absolute atomic E-state index is 0.529. The largest absolute Gasteiger partial charge is 0.419 e. The normalized spacial score (nSPS) is 13.0. The third-order valence-electron chi connectivity index (χ3n) is 2.33. The third-order valence-corrected chi connectivity index (χ3v) is 7.26. The predicted octanol–water partition coefficient (Wildman–Crippen LogP) is 6.39. The van der Waals surface area contributed by atoms with Crippen molar-refractivity contribution >= 4 is 44.0 Å². The Morgan fingerprint density at radius 1 is 0.704 bits per heavy atom. The van der Waals surface area contributed by atoms with Crippen molar-refractivity contribution < 1.29 is 32.0 Å². The molecule has 0 radical (unpaired) electrons. The van der Waals surface area contributed by atoms with Crippen LogP contribution < -0.4 is 5.32 Å². The Kier molecular flexibility index (Phi) is 11.4. The molecule has 0 aromatic heterocycles. The number of hydrogen-bond acceptors (Lipinski definition) is 7. The van der Waals surface area contributed by atoms with Gasteiger partial charge in [-0.05, 0) is 55.4 Å². The topological polar surface area (TPSA) is 100 Å². The van der Waals surface area contributed by atoms with E-state index in [-0.39, 0.29) is 0 Å². The highest BCUT2D eigenvalue weighted by Crippen LogP contribution is 2.60. The SMILES string of the molecule is CC(C)OP(=O)(OC(C)C)C(=O)NC(=C(Cl)Cl)P(=O)(OC(C)C)OC(C)C. The van der Waals surface area contributed by atoms with Gasteiger partial charge in [-0.2, -0.15) is 0 Å². The Morgan fingerprint density at radius 2 is 1.00 bits per heavy atom. The van der Waals surface area contributed by atoms with E-state index in [2.05, 4.69) is 5.32 Å². The number of hydrogen-bond donors (Lipinski definition) is 1. The summed E-state index contributed by atoms with van der Waals surface area (Å²) in [7, 11) is -8.43. The molecule has 12 heteroatoms. The zero-order valence-corrected chi connectivity index (χ0v) is 20.1. The smallest absolute Gasteiger partial charge is 0.307 e. The van der Waals surface area contributed by atoms with Gasteiger partial charge in [-0.3, -0.25) is 18.4 Å². The van der Waals surface area contributed by atoms with E-state index in [9.17, 15) is 13.9 Å². The number of carbonyl (C=O) groups is 1. The molecule has 0 aromatic rings. The average Bonchev–Trinajstić information content (AvgIpc) is 2.39. The maximum atomic E-state index is 13.2. The van der Waals surface area contributed by atoms with Crippen LogP contribution in [0.3, 0.4) is 0 Å². The fourth-order valence-electron chi connectivity index (χ4n) is 1.75. The predicted molar refractivity (Wildman–Crippen MR) is 107 cm³/mol. The maximum Gasteiger partial charge on any atom is 0.419 e. The Balaban J connectivity index is 5.97. The molecule has 0 unspecified atom stereocenters. The Bertz CT molecular complexity index is 604. The van der Waals surface area contributed by atoms with E-state index in [1.165, 1.54) is 0 Å². The van der Waals surface area contributed by atoms with Gasteiger partial charge in [0.05, 0.1) is 24.4 Å². The van der Waals surface area contributed by atoms with Gasteiger partial charge in [0.15, 0.2) is 5.44 Å². The number of carbonyl (C=O) groups excluding carboxylic acids is 1. The molecule has 160 valence electrons. The summed E-state index contributed by atoms with van der Waals surface area (Å²) in [6, 6.07) is 0. The molecule has 0 aliphatic carbocycles. The van der Waals surface area contributed by atoms with E-state index >= 15 is 0 Å². The zero-order valence-electron chi connectivity index (χ0n) is 16.8. The second kappa shape index (κ2) is 11.3. The fraction of sp³-hybridized carbons (Fsp3) is 0.800. The van der Waals surface area contributed by atoms with E-state index in [1.807, 2.05) is 0 Å². The molecular formula is C15H29Cl2NO7P2. The minimum Gasteiger partial charge on any atom is -0.307 e. The van der Waals surface area contributed by atoms with Gasteiger partial charge < -0.3 is 14.4 Å². The molecule has 0 heterocycles. The highest BCUT2D eigenvalue weighted by molar-refractivity contribution is 7.72. The first-order valence-electron chi connectivity index (χ1n) is 8.44. The fourth-order valence-corrected chi connectivity index (χ4v) is 5.97. The van der Waals surface area contributed by atoms with Crippen LogP contribution in [0.15, 0.2) is 9.93 Å². The summed E-state index contributed by atoms with van der Waals surface area (Å²) in [5, 5.41) is 2.17. The monoisotopic (exact) mass is 467 g/mol. The first-order valence-corrected chi connectivity index (χ1v) is 12.3. The van der Waals surface area contributed by atoms with E-state index < -0.39 is 55.2 Å². The van der Waals surface area contributed by atoms with Gasteiger partial charge in [-0.25, -0.2) is 4.57 Å². The second-order valence-corrected chi connectivity index (χ2v) is 11.3. The molecule has 27 heavy (non-hydrogen) atoms. The average molecular weight is 468 g/mol. The van der Waals surface area contributed by atoms with Crippen molar-refractivity contribution in [3.8, 4) is 0 Å². The molecule has 1 N–H and O–H groups in total. The van der Waals surface area contributed by atoms with E-state index in [0.717, 1.165) is 0 Å². The van der Waals surface area contributed by atoms with Crippen molar-refractivity contribution in [2.45, 2.75) is 79.8 Å². The molecule has 0 spiro atoms. The number of rotatable bonds is 11. The standard InChI is InChI=1S/C15H29Cl2NO7P2/c1-9(2)22-26(20,23-10(3)4)14(13(16)17)18-15(19)27(21,24-11(5)6)25-12(7)8/h9-12H,1-8H3,(H,18,19). The molecule has 0 atom stereocenters. The maximum absolute atomic E-state index is 13.2. The van der Waals surface area contributed by atoms with Gasteiger partial charge in [0, 0.05) is 0 Å². The van der Waals surface area contributed by atoms with Crippen molar-refractivity contribution in [2.24, 2.45) is 0 Å².